The summed E-state index contributed by atoms with van der Waals surface area (Å²) >= 11 is 0. The minimum Gasteiger partial charge on any atom is -0.475 e. The Balaban J connectivity index is 0.000000298. The van der Waals surface area contributed by atoms with E-state index in [2.05, 4.69) is 20.6 Å². The number of hydrogen-bond acceptors (Lipinski definition) is 6. The zero-order chi connectivity index (χ0) is 19.2. The molecule has 0 radical (unpaired) electrons. The van der Waals surface area contributed by atoms with E-state index < -0.39 is 12.1 Å². The van der Waals surface area contributed by atoms with Crippen LogP contribution in [0.3, 0.4) is 0 Å². The predicted molar refractivity (Wildman–Crippen MR) is 83.0 cm³/mol. The number of nitrogens with zero attached hydrogens (tertiary/aromatic N) is 4. The van der Waals surface area contributed by atoms with Gasteiger partial charge in [-0.1, -0.05) is 11.3 Å². The molecule has 2 aromatic heterocycles. The van der Waals surface area contributed by atoms with Gasteiger partial charge in [-0.05, 0) is 19.1 Å². The first-order chi connectivity index (χ1) is 12.3. The first kappa shape index (κ1) is 19.8. The molecule has 0 aromatic carbocycles. The maximum Gasteiger partial charge on any atom is 0.490 e. The molecule has 2 N–H and O–H groups in total. The molecule has 1 aliphatic heterocycles. The van der Waals surface area contributed by atoms with Crippen LogP contribution in [0.5, 0.6) is 0 Å². The number of carbonyl (C=O) groups is 1. The van der Waals surface area contributed by atoms with Gasteiger partial charge in [-0.3, -0.25) is 4.98 Å². The van der Waals surface area contributed by atoms with Crippen molar-refractivity contribution in [1.29, 1.82) is 0 Å². The smallest absolute Gasteiger partial charge is 0.475 e. The molecular weight excluding hydrogens is 355 g/mol. The average molecular weight is 373 g/mol. The number of fused-ring (bicyclic) bond motifs is 1. The molecule has 0 fully saturated rings. The summed E-state index contributed by atoms with van der Waals surface area (Å²) in [5.41, 5.74) is 3.08. The molecule has 11 heteroatoms. The van der Waals surface area contributed by atoms with Gasteiger partial charge in [-0.25, -0.2) is 9.48 Å². The number of aromatic nitrogens is 4. The molecule has 26 heavy (non-hydrogen) atoms. The van der Waals surface area contributed by atoms with Crippen molar-refractivity contribution in [1.82, 2.24) is 25.3 Å². The van der Waals surface area contributed by atoms with Crippen LogP contribution in [0, 0.1) is 6.92 Å². The Morgan fingerprint density at radius 1 is 1.46 bits per heavy atom. The SMILES string of the molecule is Cc1nnn2c1COC(CNCc1ccccn1)C2.O=C(O)C(F)(F)F. The highest BCUT2D eigenvalue weighted by molar-refractivity contribution is 5.73. The van der Waals surface area contributed by atoms with Gasteiger partial charge in [-0.2, -0.15) is 13.2 Å². The van der Waals surface area contributed by atoms with Gasteiger partial charge in [0.2, 0.25) is 0 Å². The molecule has 3 heterocycles. The number of carboxylic acid groups (broad SMARTS) is 1. The second-order valence-corrected chi connectivity index (χ2v) is 5.49. The number of halogens is 3. The predicted octanol–water partition coefficient (Wildman–Crippen LogP) is 1.30. The third-order valence-electron chi connectivity index (χ3n) is 3.51. The summed E-state index contributed by atoms with van der Waals surface area (Å²) in [6.07, 6.45) is -3.14. The molecule has 142 valence electrons. The first-order valence-corrected chi connectivity index (χ1v) is 7.68. The fourth-order valence-corrected chi connectivity index (χ4v) is 2.17. The molecule has 8 nitrogen and oxygen atoms in total. The van der Waals surface area contributed by atoms with E-state index in [1.807, 2.05) is 29.8 Å². The quantitative estimate of drug-likeness (QED) is 0.833. The fraction of sp³-hybridized carbons (Fsp3) is 0.467. The van der Waals surface area contributed by atoms with Crippen LogP contribution in [0.2, 0.25) is 0 Å². The van der Waals surface area contributed by atoms with Crippen LogP contribution in [0.4, 0.5) is 13.2 Å². The lowest BCUT2D eigenvalue weighted by Crippen LogP contribution is -2.36. The van der Waals surface area contributed by atoms with Gasteiger partial charge in [0.05, 0.1) is 36.3 Å². The van der Waals surface area contributed by atoms with Gasteiger partial charge < -0.3 is 15.2 Å². The number of carboxylic acids is 1. The summed E-state index contributed by atoms with van der Waals surface area (Å²) in [7, 11) is 0. The Bertz CT molecular complexity index is 721. The molecule has 3 rings (SSSR count). The topological polar surface area (TPSA) is 102 Å². The average Bonchev–Trinajstić information content (AvgIpc) is 2.96. The first-order valence-electron chi connectivity index (χ1n) is 7.68. The molecule has 1 unspecified atom stereocenters. The summed E-state index contributed by atoms with van der Waals surface area (Å²) in [5.74, 6) is -2.76. The normalized spacial score (nSPS) is 16.4. The van der Waals surface area contributed by atoms with E-state index in [0.29, 0.717) is 6.61 Å². The van der Waals surface area contributed by atoms with E-state index in [1.165, 1.54) is 0 Å². The Kier molecular flexibility index (Phi) is 6.64. The van der Waals surface area contributed by atoms with E-state index in [1.54, 1.807) is 6.20 Å². The van der Waals surface area contributed by atoms with Crippen LogP contribution in [-0.4, -0.2) is 49.9 Å². The summed E-state index contributed by atoms with van der Waals surface area (Å²) in [6.45, 7) is 4.85. The van der Waals surface area contributed by atoms with Crippen LogP contribution in [0.15, 0.2) is 24.4 Å². The van der Waals surface area contributed by atoms with E-state index in [0.717, 1.165) is 36.7 Å². The maximum absolute atomic E-state index is 10.6. The van der Waals surface area contributed by atoms with E-state index in [9.17, 15) is 13.2 Å². The summed E-state index contributed by atoms with van der Waals surface area (Å²) in [6, 6.07) is 5.92. The summed E-state index contributed by atoms with van der Waals surface area (Å²) in [4.78, 5) is 13.2. The molecule has 0 aliphatic carbocycles. The lowest BCUT2D eigenvalue weighted by atomic mass is 10.2. The van der Waals surface area contributed by atoms with Crippen molar-refractivity contribution in [3.63, 3.8) is 0 Å². The summed E-state index contributed by atoms with van der Waals surface area (Å²) in [5, 5.41) is 18.7. The van der Waals surface area contributed by atoms with Gasteiger partial charge in [-0.15, -0.1) is 5.10 Å². The Labute approximate surface area is 147 Å². The number of aryl methyl sites for hydroxylation is 1. The number of pyridine rings is 1. The zero-order valence-electron chi connectivity index (χ0n) is 13.9. The minimum atomic E-state index is -5.08. The lowest BCUT2D eigenvalue weighted by Gasteiger charge is -2.24. The number of hydrogen-bond donors (Lipinski definition) is 2. The van der Waals surface area contributed by atoms with Crippen molar-refractivity contribution in [3.05, 3.63) is 41.5 Å². The van der Waals surface area contributed by atoms with Gasteiger partial charge in [0.1, 0.15) is 0 Å². The second kappa shape index (κ2) is 8.72. The van der Waals surface area contributed by atoms with Crippen LogP contribution in [0.1, 0.15) is 17.1 Å². The molecule has 2 aromatic rings. The van der Waals surface area contributed by atoms with E-state index in [-0.39, 0.29) is 6.10 Å². The van der Waals surface area contributed by atoms with Gasteiger partial charge in [0.15, 0.2) is 0 Å². The van der Waals surface area contributed by atoms with E-state index in [4.69, 9.17) is 14.6 Å². The number of rotatable bonds is 4. The highest BCUT2D eigenvalue weighted by Crippen LogP contribution is 2.14. The zero-order valence-corrected chi connectivity index (χ0v) is 13.9. The second-order valence-electron chi connectivity index (χ2n) is 5.49. The minimum absolute atomic E-state index is 0.136. The van der Waals surface area contributed by atoms with Gasteiger partial charge >= 0.3 is 12.1 Å². The molecule has 0 saturated carbocycles. The van der Waals surface area contributed by atoms with Crippen molar-refractivity contribution >= 4 is 5.97 Å². The summed E-state index contributed by atoms with van der Waals surface area (Å²) < 4.78 is 39.5. The molecular formula is C15H18F3N5O3. The van der Waals surface area contributed by atoms with Crippen LogP contribution in [0.25, 0.3) is 0 Å². The van der Waals surface area contributed by atoms with Gasteiger partial charge in [0.25, 0.3) is 0 Å². The number of aliphatic carboxylic acids is 1. The van der Waals surface area contributed by atoms with Crippen LogP contribution < -0.4 is 5.32 Å². The van der Waals surface area contributed by atoms with Crippen molar-refractivity contribution < 1.29 is 27.8 Å². The molecule has 0 amide bonds. The highest BCUT2D eigenvalue weighted by Gasteiger charge is 2.38. The third kappa shape index (κ3) is 5.77. The van der Waals surface area contributed by atoms with Crippen molar-refractivity contribution in [2.24, 2.45) is 0 Å². The molecule has 1 atom stereocenters. The highest BCUT2D eigenvalue weighted by atomic mass is 19.4. The Hall–Kier alpha value is -2.53. The van der Waals surface area contributed by atoms with Crippen LogP contribution in [-0.2, 0) is 29.2 Å². The van der Waals surface area contributed by atoms with Gasteiger partial charge in [0, 0.05) is 19.3 Å². The Morgan fingerprint density at radius 2 is 2.19 bits per heavy atom. The Morgan fingerprint density at radius 3 is 2.81 bits per heavy atom. The maximum atomic E-state index is 10.6. The largest absolute Gasteiger partial charge is 0.490 e. The number of nitrogens with one attached hydrogen (secondary N) is 1. The molecule has 0 bridgehead atoms. The van der Waals surface area contributed by atoms with E-state index >= 15 is 0 Å². The lowest BCUT2D eigenvalue weighted by molar-refractivity contribution is -0.192. The molecule has 0 spiro atoms. The monoisotopic (exact) mass is 373 g/mol. The third-order valence-corrected chi connectivity index (χ3v) is 3.51. The molecule has 1 aliphatic rings. The van der Waals surface area contributed by atoms with Crippen LogP contribution >= 0.6 is 0 Å². The molecule has 0 saturated heterocycles. The number of alkyl halides is 3. The standard InChI is InChI=1S/C13H17N5O.C2HF3O2/c1-10-13-9-19-12(8-18(13)17-16-10)7-14-6-11-4-2-3-5-15-11;3-2(4,5)1(6)7/h2-5,12,14H,6-9H2,1H3;(H,6,7). The fourth-order valence-electron chi connectivity index (χ4n) is 2.17. The van der Waals surface area contributed by atoms with Crippen molar-refractivity contribution in [2.75, 3.05) is 6.54 Å². The van der Waals surface area contributed by atoms with Crippen molar-refractivity contribution in [2.45, 2.75) is 38.9 Å². The van der Waals surface area contributed by atoms with Crippen molar-refractivity contribution in [3.8, 4) is 0 Å². The number of ether oxygens (including phenoxy) is 1.